The first-order valence-electron chi connectivity index (χ1n) is 45.9. The molecule has 6 fully saturated rings. The van der Waals surface area contributed by atoms with Crippen molar-refractivity contribution in [2.24, 2.45) is 22.4 Å². The standard InChI is InChI=1S/C83H137N17O40S/c1-36(2)56(95-54(111)31-87-53(110)17-22-132-23-24-133-25-26-134-27-28-141)72(122)97-58(40(6)135-79-60(91-42(8)107)65(62(115)51(34-103)136-79)138-80-64(117)67(63(116)52(35-104)137-80)140-83(81(130)131)30-49(108)59(90-41(7)106)66(139-83)61(114)50(109)33-102)74(124)94-45(32-101)69(119)88-37(3)75(125)98-19-10-15-47(98)71(121)93-44(29-55(112)113)68(118)96-57(39(5)105)73(123)92-43(13-9-18-86-82(84)85)77(127)99-20-11-14-46(99)70(120)89-38(4)76(126)100-21-12-16-48(100)78(128)129/h36-40,43-52,56-67,79-80,101-105,108-109,114-117,141H,9-35H2,1-8H3,(H,87,110)(H,88,119)(H,89,120)(H,90,106)(H,91,107)(H,92,123)(H,93,121)(H,94,124)(H,95,111)(H,96,118)(H,97,122)(H,112,113)(H,128,129)(H,130,131)(H4,84,85,86)/t37-,38-,39+,40+,43-,44-,45-,46-,47-,48-,49-,50+,51+,52+,56-,57-,58-,59+,60+,61+,62-,63-,64+,65+,66+,67-,79-,80-,83-/m0/s1. The molecule has 29 atom stereocenters. The second kappa shape index (κ2) is 57.3. The van der Waals surface area contributed by atoms with Crippen LogP contribution in [0.15, 0.2) is 4.99 Å². The van der Waals surface area contributed by atoms with Gasteiger partial charge in [-0.3, -0.25) is 76.9 Å². The Kier molecular flexibility index (Phi) is 48.6. The number of carboxylic acids is 3. The highest BCUT2D eigenvalue weighted by Gasteiger charge is 2.61. The smallest absolute Gasteiger partial charge is 0.364 e. The van der Waals surface area contributed by atoms with Gasteiger partial charge in [-0.2, -0.15) is 12.6 Å². The predicted octanol–water partition coefficient (Wildman–Crippen LogP) is -14.6. The Morgan fingerprint density at radius 1 is 0.539 bits per heavy atom. The minimum Gasteiger partial charge on any atom is -0.481 e. The van der Waals surface area contributed by atoms with Crippen molar-refractivity contribution in [3.8, 4) is 0 Å². The summed E-state index contributed by atoms with van der Waals surface area (Å²) in [5.74, 6) is -23.9. The number of aliphatic imine (C=N–C) groups is 1. The van der Waals surface area contributed by atoms with Gasteiger partial charge in [0, 0.05) is 58.6 Å². The van der Waals surface area contributed by atoms with E-state index >= 15 is 4.79 Å². The van der Waals surface area contributed by atoms with E-state index in [1.165, 1.54) is 20.8 Å². The molecule has 29 N–H and O–H groups in total. The van der Waals surface area contributed by atoms with E-state index in [0.717, 1.165) is 49.3 Å². The summed E-state index contributed by atoms with van der Waals surface area (Å²) in [6, 6.07) is -22.4. The Morgan fingerprint density at radius 2 is 1.04 bits per heavy atom. The van der Waals surface area contributed by atoms with Gasteiger partial charge in [0.15, 0.2) is 18.5 Å². The van der Waals surface area contributed by atoms with E-state index in [1.54, 1.807) is 0 Å². The first-order chi connectivity index (χ1) is 66.5. The molecule has 14 amide bonds. The number of nitrogens with zero attached hydrogens (tertiary/aromatic N) is 4. The largest absolute Gasteiger partial charge is 0.481 e. The molecule has 58 heteroatoms. The van der Waals surface area contributed by atoms with Crippen molar-refractivity contribution in [2.75, 3.05) is 105 Å². The number of rotatable bonds is 56. The van der Waals surface area contributed by atoms with Crippen LogP contribution in [0.3, 0.4) is 0 Å². The van der Waals surface area contributed by atoms with Gasteiger partial charge in [-0.25, -0.2) is 9.59 Å². The molecule has 0 bridgehead atoms. The fourth-order valence-electron chi connectivity index (χ4n) is 16.5. The molecule has 0 radical (unpaired) electrons. The summed E-state index contributed by atoms with van der Waals surface area (Å²) in [5.41, 5.74) is 11.0. The number of aliphatic hydroxyl groups is 11. The number of aliphatic hydroxyl groups excluding tert-OH is 11. The van der Waals surface area contributed by atoms with E-state index in [0.29, 0.717) is 25.4 Å². The number of thiol groups is 1. The van der Waals surface area contributed by atoms with E-state index in [4.69, 9.17) is 54.1 Å². The van der Waals surface area contributed by atoms with Crippen molar-refractivity contribution in [2.45, 2.75) is 302 Å². The number of nitrogens with two attached hydrogens (primary N) is 2. The number of nitrogens with one attached hydrogen (secondary N) is 11. The van der Waals surface area contributed by atoms with Crippen molar-refractivity contribution in [1.82, 2.24) is 73.2 Å². The van der Waals surface area contributed by atoms with Gasteiger partial charge < -0.3 is 199 Å². The van der Waals surface area contributed by atoms with Crippen molar-refractivity contribution >= 4 is 119 Å². The molecule has 6 heterocycles. The third-order valence-corrected chi connectivity index (χ3v) is 24.0. The van der Waals surface area contributed by atoms with E-state index in [1.807, 2.05) is 0 Å². The number of amides is 14. The van der Waals surface area contributed by atoms with Gasteiger partial charge in [0.05, 0.1) is 103 Å². The van der Waals surface area contributed by atoms with Crippen LogP contribution in [0.4, 0.5) is 0 Å². The highest BCUT2D eigenvalue weighted by atomic mass is 32.1. The molecular formula is C83H137N17O40S. The number of likely N-dealkylation sites (tertiary alicyclic amines) is 3. The Labute approximate surface area is 814 Å². The Bertz CT molecular complexity index is 4270. The summed E-state index contributed by atoms with van der Waals surface area (Å²) in [4.78, 5) is 241. The van der Waals surface area contributed by atoms with Gasteiger partial charge in [-0.15, -0.1) is 0 Å². The number of aliphatic carboxylic acids is 3. The van der Waals surface area contributed by atoms with Crippen LogP contribution < -0.4 is 70.0 Å². The first-order valence-corrected chi connectivity index (χ1v) is 46.5. The maximum Gasteiger partial charge on any atom is 0.364 e. The number of carbonyl (C=O) groups is 17. The van der Waals surface area contributed by atoms with Gasteiger partial charge in [0.25, 0.3) is 5.79 Å². The fraction of sp³-hybridized carbons (Fsp3) is 0.783. The first kappa shape index (κ1) is 120. The molecule has 6 rings (SSSR count). The van der Waals surface area contributed by atoms with E-state index in [9.17, 15) is 148 Å². The predicted molar refractivity (Wildman–Crippen MR) is 478 cm³/mol. The van der Waals surface area contributed by atoms with E-state index < -0.39 is 329 Å². The lowest BCUT2D eigenvalue weighted by Gasteiger charge is -2.51. The zero-order valence-corrected chi connectivity index (χ0v) is 80.0. The third kappa shape index (κ3) is 34.3. The maximum atomic E-state index is 15.1. The molecule has 6 saturated heterocycles. The lowest BCUT2D eigenvalue weighted by molar-refractivity contribution is -0.382. The summed E-state index contributed by atoms with van der Waals surface area (Å²) in [6.45, 7) is 4.41. The van der Waals surface area contributed by atoms with Crippen LogP contribution >= 0.6 is 12.6 Å². The summed E-state index contributed by atoms with van der Waals surface area (Å²) in [6.07, 6.45) is -34.9. The van der Waals surface area contributed by atoms with Gasteiger partial charge in [0.2, 0.25) is 82.7 Å². The average Bonchev–Trinajstić information content (AvgIpc) is 1.55. The zero-order valence-electron chi connectivity index (χ0n) is 79.1. The van der Waals surface area contributed by atoms with Crippen molar-refractivity contribution < 1.29 is 196 Å². The minimum absolute atomic E-state index is 0.00274. The zero-order chi connectivity index (χ0) is 105. The molecule has 6 aliphatic heterocycles. The van der Waals surface area contributed by atoms with Crippen LogP contribution in [-0.2, 0) is 124 Å². The summed E-state index contributed by atoms with van der Waals surface area (Å²) in [5, 5.41) is 178. The van der Waals surface area contributed by atoms with Crippen LogP contribution in [0.1, 0.15) is 126 Å². The molecule has 0 saturated carbocycles. The van der Waals surface area contributed by atoms with Crippen LogP contribution in [0, 0.1) is 5.92 Å². The number of hydrogen-bond donors (Lipinski definition) is 28. The van der Waals surface area contributed by atoms with Gasteiger partial charge in [-0.05, 0) is 85.0 Å². The molecule has 141 heavy (non-hydrogen) atoms. The number of ether oxygens (including phenoxy) is 9. The van der Waals surface area contributed by atoms with Crippen molar-refractivity contribution in [3.63, 3.8) is 0 Å². The molecule has 0 aliphatic carbocycles. The number of guanidine groups is 1. The summed E-state index contributed by atoms with van der Waals surface area (Å²) in [7, 11) is 0. The highest BCUT2D eigenvalue weighted by Crippen LogP contribution is 2.39. The molecule has 0 unspecified atom stereocenters. The lowest BCUT2D eigenvalue weighted by Crippen LogP contribution is -2.71. The molecule has 800 valence electrons. The van der Waals surface area contributed by atoms with Gasteiger partial charge in [-0.1, -0.05) is 13.8 Å². The Morgan fingerprint density at radius 3 is 1.57 bits per heavy atom. The van der Waals surface area contributed by atoms with Crippen molar-refractivity contribution in [1.29, 1.82) is 0 Å². The Balaban J connectivity index is 1.24. The molecule has 0 aromatic carbocycles. The van der Waals surface area contributed by atoms with E-state index in [2.05, 4.69) is 76.1 Å². The maximum absolute atomic E-state index is 15.1. The SMILES string of the molecule is CC(=O)N[C@H]1[C@@H](O[C@H](C)[C@H](NC(=O)[C@@H](NC(=O)CNC(=O)CCOCCOCCOCCS)C(C)C)C(=O)N[C@@H](CO)C(=O)N[C@@H](C)C(=O)N2CCC[C@H]2C(=O)N[C@@H](CC(=O)O)C(=O)N[C@H](C(=O)N[C@@H](CCCN=C(N)N)C(=O)N2CCC[C@H]2C(=O)N[C@@H](C)C(=O)N2CCC[C@H]2C(=O)O)[C@@H](C)O)O[C@H](CO)[C@H](O)[C@@H]1O[C@@H]1O[C@H](CO)[C@H](O)[C@H](O[C@]2(C(=O)O)C[C@H](O)[C@@H](NC(C)=O)[C@H]([C@H](O)[C@H](O)CO)O2)[C@H]1O. The van der Waals surface area contributed by atoms with Crippen LogP contribution in [0.25, 0.3) is 0 Å². The normalized spacial score (nSPS) is 27.1. The summed E-state index contributed by atoms with van der Waals surface area (Å²) >= 11 is 4.06. The number of carboxylic acid groups (broad SMARTS) is 3. The quantitative estimate of drug-likeness (QED) is 0.0116. The average molecular weight is 2050 g/mol. The molecular weight excluding hydrogens is 1910 g/mol. The van der Waals surface area contributed by atoms with Crippen LogP contribution in [0.5, 0.6) is 0 Å². The molecule has 0 aromatic rings. The molecule has 0 spiro atoms. The molecule has 0 aromatic heterocycles. The second-order valence-electron chi connectivity index (χ2n) is 34.9. The third-order valence-electron chi connectivity index (χ3n) is 23.8. The monoisotopic (exact) mass is 2040 g/mol. The van der Waals surface area contributed by atoms with Crippen molar-refractivity contribution in [3.05, 3.63) is 0 Å². The second-order valence-corrected chi connectivity index (χ2v) is 35.4. The molecule has 6 aliphatic rings. The fourth-order valence-corrected chi connectivity index (χ4v) is 16.6. The number of carbonyl (C=O) groups excluding carboxylic acids is 14. The van der Waals surface area contributed by atoms with Gasteiger partial charge in [0.1, 0.15) is 134 Å². The van der Waals surface area contributed by atoms with Gasteiger partial charge >= 0.3 is 17.9 Å². The topological polar surface area (TPSA) is 863 Å². The molecule has 57 nitrogen and oxygen atoms in total. The lowest BCUT2D eigenvalue weighted by atomic mass is 9.88. The minimum atomic E-state index is -3.32. The van der Waals surface area contributed by atoms with Crippen LogP contribution in [0.2, 0.25) is 0 Å². The number of hydrogen-bond acceptors (Lipinski definition) is 39. The Hall–Kier alpha value is -10.2. The summed E-state index contributed by atoms with van der Waals surface area (Å²) < 4.78 is 51.7. The highest BCUT2D eigenvalue weighted by molar-refractivity contribution is 7.80. The van der Waals surface area contributed by atoms with E-state index in [-0.39, 0.29) is 110 Å². The van der Waals surface area contributed by atoms with Crippen LogP contribution in [-0.4, -0.2) is 474 Å².